The topological polar surface area (TPSA) is 109 Å². The predicted molar refractivity (Wildman–Crippen MR) is 108 cm³/mol. The molecule has 0 unspecified atom stereocenters. The molecule has 1 aliphatic rings. The highest BCUT2D eigenvalue weighted by Crippen LogP contribution is 2.28. The summed E-state index contributed by atoms with van der Waals surface area (Å²) >= 11 is 0. The van der Waals surface area contributed by atoms with E-state index < -0.39 is 23.0 Å². The quantitative estimate of drug-likeness (QED) is 0.681. The number of aromatic nitrogens is 5. The molecule has 0 aliphatic carbocycles. The van der Waals surface area contributed by atoms with Gasteiger partial charge in [-0.05, 0) is 54.0 Å². The van der Waals surface area contributed by atoms with Crippen LogP contribution in [0.5, 0.6) is 5.75 Å². The van der Waals surface area contributed by atoms with Crippen molar-refractivity contribution >= 4 is 23.2 Å². The Morgan fingerprint density at radius 3 is 2.77 bits per heavy atom. The number of hydrogen-bond donors (Lipinski definition) is 2. The van der Waals surface area contributed by atoms with Crippen LogP contribution in [0.15, 0.2) is 42.1 Å². The van der Waals surface area contributed by atoms with Crippen LogP contribution in [0.4, 0.5) is 16.2 Å². The van der Waals surface area contributed by atoms with Gasteiger partial charge in [-0.3, -0.25) is 4.79 Å². The van der Waals surface area contributed by atoms with Crippen molar-refractivity contribution in [2.75, 3.05) is 23.3 Å². The van der Waals surface area contributed by atoms with E-state index in [9.17, 15) is 14.3 Å². The summed E-state index contributed by atoms with van der Waals surface area (Å²) in [5.74, 6) is -1.16. The van der Waals surface area contributed by atoms with Crippen LogP contribution in [0, 0.1) is 5.82 Å². The number of phenols is 1. The van der Waals surface area contributed by atoms with E-state index in [0.29, 0.717) is 12.5 Å². The van der Waals surface area contributed by atoms with Crippen LogP contribution in [0.2, 0.25) is 0 Å². The Bertz CT molecular complexity index is 1100. The van der Waals surface area contributed by atoms with Crippen LogP contribution < -0.4 is 10.2 Å². The molecule has 2 aromatic heterocycles. The van der Waals surface area contributed by atoms with Gasteiger partial charge in [0.1, 0.15) is 22.9 Å². The van der Waals surface area contributed by atoms with Crippen LogP contribution in [-0.4, -0.2) is 49.3 Å². The lowest BCUT2D eigenvalue weighted by atomic mass is 9.96. The highest BCUT2D eigenvalue weighted by Gasteiger charge is 2.22. The Kier molecular flexibility index (Phi) is 5.13. The lowest BCUT2D eigenvalue weighted by molar-refractivity contribution is 0.102. The molecule has 30 heavy (non-hydrogen) atoms. The van der Waals surface area contributed by atoms with Crippen LogP contribution in [0.1, 0.15) is 29.3 Å². The summed E-state index contributed by atoms with van der Waals surface area (Å²) < 4.78 is 13.9. The zero-order chi connectivity index (χ0) is 21.3. The minimum Gasteiger partial charge on any atom is -0.507 e. The Balaban J connectivity index is 1.51. The molecule has 0 atom stereocenters. The Hall–Kier alpha value is -3.82. The molecule has 1 aliphatic heterocycles. The molecule has 1 aromatic carbocycles. The first-order valence-corrected chi connectivity index (χ1v) is 9.35. The molecule has 0 radical (unpaired) electrons. The molecule has 3 aromatic rings. The third-order valence-corrected chi connectivity index (χ3v) is 4.97. The van der Waals surface area contributed by atoms with Gasteiger partial charge in [0, 0.05) is 19.3 Å². The summed E-state index contributed by atoms with van der Waals surface area (Å²) in [6.45, 7) is 3.50. The Morgan fingerprint density at radius 1 is 1.27 bits per heavy atom. The molecule has 0 spiro atoms. The number of carbonyl (C=O) groups is 1. The SMILES string of the molecule is CC1=C(c2ccc(NC(=O)c3c(O)cccc3F)nc2)CN(c2nnn(C)n2)CC1. The van der Waals surface area contributed by atoms with E-state index in [4.69, 9.17) is 0 Å². The monoisotopic (exact) mass is 409 g/mol. The maximum atomic E-state index is 13.9. The van der Waals surface area contributed by atoms with Crippen molar-refractivity contribution in [2.45, 2.75) is 13.3 Å². The maximum absolute atomic E-state index is 13.9. The average molecular weight is 409 g/mol. The van der Waals surface area contributed by atoms with Gasteiger partial charge in [-0.1, -0.05) is 16.7 Å². The smallest absolute Gasteiger partial charge is 0.266 e. The number of nitrogens with zero attached hydrogens (tertiary/aromatic N) is 6. The van der Waals surface area contributed by atoms with Gasteiger partial charge in [0.15, 0.2) is 0 Å². The summed E-state index contributed by atoms with van der Waals surface area (Å²) in [4.78, 5) is 20.1. The summed E-state index contributed by atoms with van der Waals surface area (Å²) in [6, 6.07) is 7.18. The third-order valence-electron chi connectivity index (χ3n) is 4.97. The summed E-state index contributed by atoms with van der Waals surface area (Å²) in [6.07, 6.45) is 2.52. The second kappa shape index (κ2) is 7.90. The zero-order valence-corrected chi connectivity index (χ0v) is 16.5. The Morgan fingerprint density at radius 2 is 2.10 bits per heavy atom. The molecule has 0 bridgehead atoms. The van der Waals surface area contributed by atoms with Crippen LogP contribution in [-0.2, 0) is 7.05 Å². The molecular formula is C20H20FN7O2. The van der Waals surface area contributed by atoms with E-state index >= 15 is 0 Å². The summed E-state index contributed by atoms with van der Waals surface area (Å²) in [7, 11) is 1.72. The number of carbonyl (C=O) groups excluding carboxylic acids is 1. The highest BCUT2D eigenvalue weighted by atomic mass is 19.1. The molecule has 154 valence electrons. The fraction of sp³-hybridized carbons (Fsp3) is 0.250. The van der Waals surface area contributed by atoms with E-state index in [1.165, 1.54) is 22.5 Å². The van der Waals surface area contributed by atoms with Crippen molar-refractivity contribution in [1.29, 1.82) is 0 Å². The number of hydrogen-bond acceptors (Lipinski definition) is 7. The fourth-order valence-corrected chi connectivity index (χ4v) is 3.33. The van der Waals surface area contributed by atoms with Gasteiger partial charge < -0.3 is 15.3 Å². The number of anilines is 2. The van der Waals surface area contributed by atoms with Crippen LogP contribution in [0.3, 0.4) is 0 Å². The molecule has 9 nitrogen and oxygen atoms in total. The lowest BCUT2D eigenvalue weighted by Gasteiger charge is -2.28. The predicted octanol–water partition coefficient (Wildman–Crippen LogP) is 2.39. The maximum Gasteiger partial charge on any atom is 0.266 e. The Labute approximate surface area is 171 Å². The normalized spacial score (nSPS) is 14.2. The van der Waals surface area contributed by atoms with Gasteiger partial charge in [0.05, 0.1) is 7.05 Å². The van der Waals surface area contributed by atoms with Crippen LogP contribution in [0.25, 0.3) is 5.57 Å². The van der Waals surface area contributed by atoms with E-state index in [-0.39, 0.29) is 5.82 Å². The van der Waals surface area contributed by atoms with E-state index in [1.54, 1.807) is 19.3 Å². The van der Waals surface area contributed by atoms with Crippen molar-refractivity contribution in [2.24, 2.45) is 7.05 Å². The first kappa shape index (κ1) is 19.5. The molecular weight excluding hydrogens is 389 g/mol. The molecule has 3 heterocycles. The highest BCUT2D eigenvalue weighted by molar-refractivity contribution is 6.05. The van der Waals surface area contributed by atoms with E-state index in [0.717, 1.165) is 30.2 Å². The number of amides is 1. The number of nitrogens with one attached hydrogen (secondary N) is 1. The molecule has 1 amide bonds. The van der Waals surface area contributed by atoms with E-state index in [1.807, 2.05) is 11.0 Å². The van der Waals surface area contributed by atoms with Crippen LogP contribution >= 0.6 is 0 Å². The standard InChI is InChI=1S/C20H20FN7O2/c1-12-8-9-28(20-24-26-27(2)25-20)11-14(12)13-6-7-17(22-10-13)23-19(30)18-15(21)4-3-5-16(18)29/h3-7,10,29H,8-9,11H2,1-2H3,(H,22,23,30). The lowest BCUT2D eigenvalue weighted by Crippen LogP contribution is -2.31. The summed E-state index contributed by atoms with van der Waals surface area (Å²) in [5, 5.41) is 24.5. The molecule has 4 rings (SSSR count). The van der Waals surface area contributed by atoms with Gasteiger partial charge in [-0.2, -0.15) is 4.80 Å². The first-order chi connectivity index (χ1) is 14.4. The minimum atomic E-state index is -0.801. The first-order valence-electron chi connectivity index (χ1n) is 9.35. The van der Waals surface area contributed by atoms with Gasteiger partial charge in [0.25, 0.3) is 11.9 Å². The van der Waals surface area contributed by atoms with Crippen molar-refractivity contribution in [3.05, 3.63) is 59.0 Å². The second-order valence-electron chi connectivity index (χ2n) is 7.03. The molecule has 0 saturated carbocycles. The number of tetrazole rings is 1. The molecule has 0 saturated heterocycles. The number of phenolic OH excluding ortho intramolecular Hbond substituents is 1. The average Bonchev–Trinajstić information content (AvgIpc) is 3.15. The van der Waals surface area contributed by atoms with Gasteiger partial charge in [0.2, 0.25) is 0 Å². The zero-order valence-electron chi connectivity index (χ0n) is 16.5. The van der Waals surface area contributed by atoms with Crippen molar-refractivity contribution < 1.29 is 14.3 Å². The number of aryl methyl sites for hydroxylation is 1. The molecule has 0 fully saturated rings. The minimum absolute atomic E-state index is 0.257. The number of benzene rings is 1. The fourth-order valence-electron chi connectivity index (χ4n) is 3.33. The number of pyridine rings is 1. The number of halogens is 1. The van der Waals surface area contributed by atoms with Gasteiger partial charge in [-0.15, -0.1) is 5.10 Å². The van der Waals surface area contributed by atoms with E-state index in [2.05, 4.69) is 32.6 Å². The number of aromatic hydroxyl groups is 1. The second-order valence-corrected chi connectivity index (χ2v) is 7.03. The number of rotatable bonds is 4. The van der Waals surface area contributed by atoms with Gasteiger partial charge >= 0.3 is 0 Å². The summed E-state index contributed by atoms with van der Waals surface area (Å²) in [5.41, 5.74) is 2.84. The van der Waals surface area contributed by atoms with Crippen molar-refractivity contribution in [3.63, 3.8) is 0 Å². The largest absolute Gasteiger partial charge is 0.507 e. The molecule has 10 heteroatoms. The van der Waals surface area contributed by atoms with Crippen molar-refractivity contribution in [3.8, 4) is 5.75 Å². The van der Waals surface area contributed by atoms with Gasteiger partial charge in [-0.25, -0.2) is 9.37 Å². The van der Waals surface area contributed by atoms with Crippen molar-refractivity contribution in [1.82, 2.24) is 25.2 Å². The third kappa shape index (κ3) is 3.84. The molecule has 2 N–H and O–H groups in total.